The van der Waals surface area contributed by atoms with Crippen molar-refractivity contribution in [2.75, 3.05) is 38.0 Å². The number of piperazine rings is 1. The molecule has 124 valence electrons. The average Bonchev–Trinajstić information content (AvgIpc) is 3.26. The van der Waals surface area contributed by atoms with Crippen LogP contribution in [-0.4, -0.2) is 54.3 Å². The third-order valence-corrected chi connectivity index (χ3v) is 4.61. The lowest BCUT2D eigenvalue weighted by Gasteiger charge is -2.34. The molecule has 1 saturated heterocycles. The largest absolute Gasteiger partial charge is 0.340 e. The van der Waals surface area contributed by atoms with Gasteiger partial charge in [-0.2, -0.15) is 0 Å². The molecule has 1 aromatic carbocycles. The summed E-state index contributed by atoms with van der Waals surface area (Å²) in [6, 6.07) is 5.72. The zero-order chi connectivity index (χ0) is 16.4. The first-order valence-electron chi connectivity index (χ1n) is 8.09. The lowest BCUT2D eigenvalue weighted by Crippen LogP contribution is -2.51. The van der Waals surface area contributed by atoms with Gasteiger partial charge < -0.3 is 10.2 Å². The number of carbonyl (C=O) groups excluding carboxylic acids is 2. The standard InChI is InChI=1S/C17H22FN3O2/c1-12-10-15(12)17(23)21-8-6-20(7-9-21)11-16(22)19-14-4-2-13(18)3-5-14/h2-5,12,15H,6-11H2,1H3,(H,19,22)/t12-,15+/m0/s1. The van der Waals surface area contributed by atoms with Crippen LogP contribution in [0.15, 0.2) is 24.3 Å². The highest BCUT2D eigenvalue weighted by Gasteiger charge is 2.41. The molecule has 5 nitrogen and oxygen atoms in total. The van der Waals surface area contributed by atoms with Crippen LogP contribution in [0.4, 0.5) is 10.1 Å². The number of rotatable bonds is 4. The fourth-order valence-electron chi connectivity index (χ4n) is 2.96. The normalized spacial score (nSPS) is 24.3. The van der Waals surface area contributed by atoms with E-state index in [1.807, 2.05) is 9.80 Å². The van der Waals surface area contributed by atoms with Gasteiger partial charge in [-0.15, -0.1) is 0 Å². The highest BCUT2D eigenvalue weighted by molar-refractivity contribution is 5.92. The van der Waals surface area contributed by atoms with Crippen molar-refractivity contribution in [3.63, 3.8) is 0 Å². The molecule has 2 fully saturated rings. The van der Waals surface area contributed by atoms with Crippen LogP contribution < -0.4 is 5.32 Å². The fraction of sp³-hybridized carbons (Fsp3) is 0.529. The zero-order valence-corrected chi connectivity index (χ0v) is 13.3. The van der Waals surface area contributed by atoms with Crippen molar-refractivity contribution < 1.29 is 14.0 Å². The fourth-order valence-corrected chi connectivity index (χ4v) is 2.96. The monoisotopic (exact) mass is 319 g/mol. The number of amides is 2. The molecule has 0 radical (unpaired) electrons. The van der Waals surface area contributed by atoms with Gasteiger partial charge in [0.15, 0.2) is 0 Å². The van der Waals surface area contributed by atoms with E-state index < -0.39 is 0 Å². The summed E-state index contributed by atoms with van der Waals surface area (Å²) in [7, 11) is 0. The Morgan fingerprint density at radius 1 is 1.17 bits per heavy atom. The number of halogens is 1. The second kappa shape index (κ2) is 6.66. The van der Waals surface area contributed by atoms with E-state index in [1.54, 1.807) is 12.1 Å². The Labute approximate surface area is 135 Å². The van der Waals surface area contributed by atoms with Crippen LogP contribution in [0.5, 0.6) is 0 Å². The van der Waals surface area contributed by atoms with Gasteiger partial charge in [-0.25, -0.2) is 4.39 Å². The van der Waals surface area contributed by atoms with E-state index in [0.717, 1.165) is 6.42 Å². The van der Waals surface area contributed by atoms with Gasteiger partial charge in [0.05, 0.1) is 6.54 Å². The maximum absolute atomic E-state index is 12.8. The van der Waals surface area contributed by atoms with Crippen molar-refractivity contribution in [2.24, 2.45) is 11.8 Å². The topological polar surface area (TPSA) is 52.7 Å². The van der Waals surface area contributed by atoms with Crippen molar-refractivity contribution in [3.8, 4) is 0 Å². The second-order valence-corrected chi connectivity index (χ2v) is 6.48. The molecule has 0 spiro atoms. The summed E-state index contributed by atoms with van der Waals surface area (Å²) in [6.45, 7) is 5.20. The van der Waals surface area contributed by atoms with Crippen molar-refractivity contribution in [1.29, 1.82) is 0 Å². The van der Waals surface area contributed by atoms with Gasteiger partial charge in [0.1, 0.15) is 5.82 Å². The van der Waals surface area contributed by atoms with Crippen LogP contribution in [0.2, 0.25) is 0 Å². The highest BCUT2D eigenvalue weighted by atomic mass is 19.1. The van der Waals surface area contributed by atoms with E-state index >= 15 is 0 Å². The van der Waals surface area contributed by atoms with Gasteiger partial charge in [-0.05, 0) is 36.6 Å². The van der Waals surface area contributed by atoms with E-state index in [4.69, 9.17) is 0 Å². The van der Waals surface area contributed by atoms with Crippen molar-refractivity contribution >= 4 is 17.5 Å². The first-order valence-corrected chi connectivity index (χ1v) is 8.09. The lowest BCUT2D eigenvalue weighted by atomic mass is 10.2. The molecule has 1 aliphatic heterocycles. The summed E-state index contributed by atoms with van der Waals surface area (Å²) in [6.07, 6.45) is 1.01. The summed E-state index contributed by atoms with van der Waals surface area (Å²) in [5, 5.41) is 2.76. The first kappa shape index (κ1) is 15.9. The second-order valence-electron chi connectivity index (χ2n) is 6.48. The van der Waals surface area contributed by atoms with Gasteiger partial charge >= 0.3 is 0 Å². The van der Waals surface area contributed by atoms with Gasteiger partial charge in [0.25, 0.3) is 0 Å². The molecule has 6 heteroatoms. The first-order chi connectivity index (χ1) is 11.0. The SMILES string of the molecule is C[C@H]1C[C@H]1C(=O)N1CCN(CC(=O)Nc2ccc(F)cc2)CC1. The molecule has 2 atom stereocenters. The molecule has 2 amide bonds. The molecule has 2 aliphatic rings. The Bertz CT molecular complexity index is 582. The minimum absolute atomic E-state index is 0.118. The van der Waals surface area contributed by atoms with Gasteiger partial charge in [0, 0.05) is 37.8 Å². The van der Waals surface area contributed by atoms with Crippen LogP contribution in [0.3, 0.4) is 0 Å². The maximum atomic E-state index is 12.8. The number of carbonyl (C=O) groups is 2. The number of anilines is 1. The van der Waals surface area contributed by atoms with Crippen molar-refractivity contribution in [1.82, 2.24) is 9.80 Å². The predicted octanol–water partition coefficient (Wildman–Crippen LogP) is 1.56. The Balaban J connectivity index is 1.42. The van der Waals surface area contributed by atoms with E-state index in [1.165, 1.54) is 12.1 Å². The minimum Gasteiger partial charge on any atom is -0.340 e. The third kappa shape index (κ3) is 4.07. The molecule has 1 saturated carbocycles. The summed E-state index contributed by atoms with van der Waals surface area (Å²) in [4.78, 5) is 28.1. The van der Waals surface area contributed by atoms with Gasteiger partial charge in [-0.3, -0.25) is 14.5 Å². The van der Waals surface area contributed by atoms with Crippen LogP contribution in [-0.2, 0) is 9.59 Å². The molecule has 0 aromatic heterocycles. The number of nitrogens with zero attached hydrogens (tertiary/aromatic N) is 2. The molecule has 0 bridgehead atoms. The molecule has 23 heavy (non-hydrogen) atoms. The Morgan fingerprint density at radius 2 is 1.78 bits per heavy atom. The number of benzene rings is 1. The molecule has 1 heterocycles. The van der Waals surface area contributed by atoms with E-state index in [-0.39, 0.29) is 23.5 Å². The molecular weight excluding hydrogens is 297 g/mol. The number of hydrogen-bond donors (Lipinski definition) is 1. The predicted molar refractivity (Wildman–Crippen MR) is 85.3 cm³/mol. The highest BCUT2D eigenvalue weighted by Crippen LogP contribution is 2.39. The van der Waals surface area contributed by atoms with Crippen LogP contribution >= 0.6 is 0 Å². The average molecular weight is 319 g/mol. The maximum Gasteiger partial charge on any atom is 0.238 e. The number of nitrogens with one attached hydrogen (secondary N) is 1. The quantitative estimate of drug-likeness (QED) is 0.916. The van der Waals surface area contributed by atoms with Crippen LogP contribution in [0.25, 0.3) is 0 Å². The van der Waals surface area contributed by atoms with Crippen LogP contribution in [0.1, 0.15) is 13.3 Å². The van der Waals surface area contributed by atoms with Crippen molar-refractivity contribution in [2.45, 2.75) is 13.3 Å². The zero-order valence-electron chi connectivity index (χ0n) is 13.3. The molecule has 3 rings (SSSR count). The minimum atomic E-state index is -0.325. The Morgan fingerprint density at radius 3 is 2.35 bits per heavy atom. The van der Waals surface area contributed by atoms with E-state index in [9.17, 15) is 14.0 Å². The van der Waals surface area contributed by atoms with E-state index in [2.05, 4.69) is 12.2 Å². The van der Waals surface area contributed by atoms with Gasteiger partial charge in [-0.1, -0.05) is 6.92 Å². The van der Waals surface area contributed by atoms with Crippen LogP contribution in [0, 0.1) is 17.7 Å². The number of hydrogen-bond acceptors (Lipinski definition) is 3. The summed E-state index contributed by atoms with van der Waals surface area (Å²) < 4.78 is 12.8. The molecule has 0 unspecified atom stereocenters. The summed E-state index contributed by atoms with van der Waals surface area (Å²) >= 11 is 0. The lowest BCUT2D eigenvalue weighted by molar-refractivity contribution is -0.134. The van der Waals surface area contributed by atoms with Gasteiger partial charge in [0.2, 0.25) is 11.8 Å². The summed E-state index contributed by atoms with van der Waals surface area (Å²) in [5.41, 5.74) is 0.591. The third-order valence-electron chi connectivity index (χ3n) is 4.61. The molecule has 1 aromatic rings. The smallest absolute Gasteiger partial charge is 0.238 e. The molecule has 1 aliphatic carbocycles. The molecule has 1 N–H and O–H groups in total. The Hall–Kier alpha value is -1.95. The Kier molecular flexibility index (Phi) is 4.61. The summed E-state index contributed by atoms with van der Waals surface area (Å²) in [5.74, 6) is 0.583. The molecular formula is C17H22FN3O2. The van der Waals surface area contributed by atoms with E-state index in [0.29, 0.717) is 44.3 Å². The van der Waals surface area contributed by atoms with Crippen molar-refractivity contribution in [3.05, 3.63) is 30.1 Å².